The lowest BCUT2D eigenvalue weighted by molar-refractivity contribution is -0.113. The summed E-state index contributed by atoms with van der Waals surface area (Å²) in [6.07, 6.45) is 0. The summed E-state index contributed by atoms with van der Waals surface area (Å²) in [5.41, 5.74) is 1.95. The number of benzene rings is 1. The SMILES string of the molecule is COc1ccc(C)cc1NC(=O)CSc1cc(C)[nH]c(=O)n1. The molecule has 0 aliphatic heterocycles. The van der Waals surface area contributed by atoms with Gasteiger partial charge in [-0.3, -0.25) is 4.79 Å². The normalized spacial score (nSPS) is 10.3. The Balaban J connectivity index is 2.01. The number of H-pyrrole nitrogens is 1. The molecule has 0 atom stereocenters. The number of carbonyl (C=O) groups is 1. The van der Waals surface area contributed by atoms with E-state index in [4.69, 9.17) is 4.74 Å². The van der Waals surface area contributed by atoms with Gasteiger partial charge in [0.1, 0.15) is 10.8 Å². The molecule has 0 saturated carbocycles. The molecule has 7 heteroatoms. The summed E-state index contributed by atoms with van der Waals surface area (Å²) in [7, 11) is 1.55. The zero-order chi connectivity index (χ0) is 16.1. The highest BCUT2D eigenvalue weighted by atomic mass is 32.2. The first-order chi connectivity index (χ1) is 10.5. The molecular formula is C15H17N3O3S. The summed E-state index contributed by atoms with van der Waals surface area (Å²) in [6.45, 7) is 3.71. The number of anilines is 1. The van der Waals surface area contributed by atoms with Crippen molar-refractivity contribution in [1.29, 1.82) is 0 Å². The molecule has 0 saturated heterocycles. The van der Waals surface area contributed by atoms with Crippen molar-refractivity contribution in [1.82, 2.24) is 9.97 Å². The highest BCUT2D eigenvalue weighted by molar-refractivity contribution is 7.99. The number of amides is 1. The lowest BCUT2D eigenvalue weighted by Gasteiger charge is -2.10. The maximum Gasteiger partial charge on any atom is 0.346 e. The Labute approximate surface area is 132 Å². The molecule has 0 unspecified atom stereocenters. The Morgan fingerprint density at radius 3 is 2.82 bits per heavy atom. The van der Waals surface area contributed by atoms with Gasteiger partial charge in [-0.2, -0.15) is 4.98 Å². The quantitative estimate of drug-likeness (QED) is 0.651. The highest BCUT2D eigenvalue weighted by Crippen LogP contribution is 2.25. The minimum Gasteiger partial charge on any atom is -0.495 e. The Bertz CT molecular complexity index is 743. The first kappa shape index (κ1) is 16.1. The summed E-state index contributed by atoms with van der Waals surface area (Å²) in [6, 6.07) is 7.29. The molecule has 6 nitrogen and oxygen atoms in total. The summed E-state index contributed by atoms with van der Waals surface area (Å²) in [5.74, 6) is 0.579. The highest BCUT2D eigenvalue weighted by Gasteiger charge is 2.09. The lowest BCUT2D eigenvalue weighted by Crippen LogP contribution is -2.16. The van der Waals surface area contributed by atoms with Crippen molar-refractivity contribution >= 4 is 23.4 Å². The molecule has 1 aromatic carbocycles. The molecule has 0 aliphatic rings. The van der Waals surface area contributed by atoms with E-state index in [1.807, 2.05) is 19.1 Å². The number of aromatic nitrogens is 2. The van der Waals surface area contributed by atoms with Crippen molar-refractivity contribution in [2.24, 2.45) is 0 Å². The summed E-state index contributed by atoms with van der Waals surface area (Å²) in [5, 5.41) is 3.32. The van der Waals surface area contributed by atoms with Crippen LogP contribution in [0.2, 0.25) is 0 Å². The van der Waals surface area contributed by atoms with Gasteiger partial charge in [0.2, 0.25) is 5.91 Å². The third kappa shape index (κ3) is 4.36. The number of hydrogen-bond acceptors (Lipinski definition) is 5. The number of nitrogens with one attached hydrogen (secondary N) is 2. The fourth-order valence-electron chi connectivity index (χ4n) is 1.87. The van der Waals surface area contributed by atoms with E-state index in [0.29, 0.717) is 22.2 Å². The average molecular weight is 319 g/mol. The van der Waals surface area contributed by atoms with E-state index >= 15 is 0 Å². The number of ether oxygens (including phenoxy) is 1. The Morgan fingerprint density at radius 2 is 2.14 bits per heavy atom. The molecule has 0 aliphatic carbocycles. The number of carbonyl (C=O) groups excluding carboxylic acids is 1. The molecular weight excluding hydrogens is 302 g/mol. The van der Waals surface area contributed by atoms with Crippen LogP contribution in [0.4, 0.5) is 5.69 Å². The van der Waals surface area contributed by atoms with Crippen LogP contribution >= 0.6 is 11.8 Å². The largest absolute Gasteiger partial charge is 0.495 e. The van der Waals surface area contributed by atoms with E-state index in [0.717, 1.165) is 5.56 Å². The first-order valence-corrected chi connectivity index (χ1v) is 7.62. The first-order valence-electron chi connectivity index (χ1n) is 6.63. The third-order valence-electron chi connectivity index (χ3n) is 2.84. The average Bonchev–Trinajstić information content (AvgIpc) is 2.44. The van der Waals surface area contributed by atoms with Crippen LogP contribution in [0.25, 0.3) is 0 Å². The van der Waals surface area contributed by atoms with Gasteiger partial charge < -0.3 is 15.0 Å². The van der Waals surface area contributed by atoms with Crippen molar-refractivity contribution in [3.63, 3.8) is 0 Å². The van der Waals surface area contributed by atoms with Gasteiger partial charge >= 0.3 is 5.69 Å². The minimum absolute atomic E-state index is 0.160. The predicted molar refractivity (Wildman–Crippen MR) is 86.7 cm³/mol. The smallest absolute Gasteiger partial charge is 0.346 e. The lowest BCUT2D eigenvalue weighted by atomic mass is 10.2. The van der Waals surface area contributed by atoms with Crippen molar-refractivity contribution in [2.45, 2.75) is 18.9 Å². The zero-order valence-corrected chi connectivity index (χ0v) is 13.4. The van der Waals surface area contributed by atoms with E-state index in [1.54, 1.807) is 26.2 Å². The fourth-order valence-corrected chi connectivity index (χ4v) is 2.63. The van der Waals surface area contributed by atoms with Gasteiger partial charge in [-0.1, -0.05) is 17.8 Å². The van der Waals surface area contributed by atoms with Crippen LogP contribution in [0.5, 0.6) is 5.75 Å². The van der Waals surface area contributed by atoms with Crippen LogP contribution in [0.1, 0.15) is 11.3 Å². The summed E-state index contributed by atoms with van der Waals surface area (Å²) < 4.78 is 5.22. The van der Waals surface area contributed by atoms with Crippen molar-refractivity contribution in [3.8, 4) is 5.75 Å². The van der Waals surface area contributed by atoms with E-state index in [9.17, 15) is 9.59 Å². The summed E-state index contributed by atoms with van der Waals surface area (Å²) >= 11 is 1.21. The second-order valence-electron chi connectivity index (χ2n) is 4.75. The molecule has 2 rings (SSSR count). The summed E-state index contributed by atoms with van der Waals surface area (Å²) in [4.78, 5) is 29.7. The van der Waals surface area contributed by atoms with Crippen molar-refractivity contribution < 1.29 is 9.53 Å². The monoisotopic (exact) mass is 319 g/mol. The molecule has 0 bridgehead atoms. The van der Waals surface area contributed by atoms with Crippen molar-refractivity contribution in [2.75, 3.05) is 18.2 Å². The second-order valence-corrected chi connectivity index (χ2v) is 5.74. The number of hydrogen-bond donors (Lipinski definition) is 2. The van der Waals surface area contributed by atoms with Gasteiger partial charge in [-0.05, 0) is 37.6 Å². The number of aromatic amines is 1. The van der Waals surface area contributed by atoms with E-state index in [1.165, 1.54) is 11.8 Å². The Morgan fingerprint density at radius 1 is 1.36 bits per heavy atom. The standard InChI is InChI=1S/C15H17N3O3S/c1-9-4-5-12(21-3)11(6-9)17-13(19)8-22-14-7-10(2)16-15(20)18-14/h4-7H,8H2,1-3H3,(H,17,19)(H,16,18,20). The van der Waals surface area contributed by atoms with Crippen LogP contribution in [0.3, 0.4) is 0 Å². The zero-order valence-electron chi connectivity index (χ0n) is 12.6. The number of nitrogens with zero attached hydrogens (tertiary/aromatic N) is 1. The molecule has 1 aromatic heterocycles. The molecule has 116 valence electrons. The number of thioether (sulfide) groups is 1. The van der Waals surface area contributed by atoms with Crippen LogP contribution in [-0.4, -0.2) is 28.7 Å². The van der Waals surface area contributed by atoms with Gasteiger partial charge in [0, 0.05) is 5.69 Å². The molecule has 2 aromatic rings. The van der Waals surface area contributed by atoms with Crippen molar-refractivity contribution in [3.05, 3.63) is 46.0 Å². The van der Waals surface area contributed by atoms with Crippen LogP contribution in [0.15, 0.2) is 34.1 Å². The molecule has 0 radical (unpaired) electrons. The fraction of sp³-hybridized carbons (Fsp3) is 0.267. The Kier molecular flexibility index (Phi) is 5.21. The van der Waals surface area contributed by atoms with E-state index in [2.05, 4.69) is 15.3 Å². The van der Waals surface area contributed by atoms with Gasteiger partial charge in [0.05, 0.1) is 18.6 Å². The maximum atomic E-state index is 12.0. The Hall–Kier alpha value is -2.28. The van der Waals surface area contributed by atoms with Crippen LogP contribution in [0, 0.1) is 13.8 Å². The predicted octanol–water partition coefficient (Wildman–Crippen LogP) is 2.13. The topological polar surface area (TPSA) is 84.1 Å². The van der Waals surface area contributed by atoms with Gasteiger partial charge in [-0.25, -0.2) is 4.79 Å². The van der Waals surface area contributed by atoms with Gasteiger partial charge in [0.15, 0.2) is 0 Å². The van der Waals surface area contributed by atoms with Gasteiger partial charge in [0.25, 0.3) is 0 Å². The molecule has 2 N–H and O–H groups in total. The number of methoxy groups -OCH3 is 1. The minimum atomic E-state index is -0.414. The molecule has 1 heterocycles. The van der Waals surface area contributed by atoms with Crippen LogP contribution < -0.4 is 15.7 Å². The molecule has 1 amide bonds. The maximum absolute atomic E-state index is 12.0. The molecule has 22 heavy (non-hydrogen) atoms. The molecule has 0 fully saturated rings. The number of rotatable bonds is 5. The molecule has 0 spiro atoms. The second kappa shape index (κ2) is 7.13. The van der Waals surface area contributed by atoms with E-state index < -0.39 is 5.69 Å². The van der Waals surface area contributed by atoms with Gasteiger partial charge in [-0.15, -0.1) is 0 Å². The third-order valence-corrected chi connectivity index (χ3v) is 3.75. The van der Waals surface area contributed by atoms with Crippen LogP contribution in [-0.2, 0) is 4.79 Å². The number of aryl methyl sites for hydroxylation is 2. The van der Waals surface area contributed by atoms with E-state index in [-0.39, 0.29) is 11.7 Å².